The summed E-state index contributed by atoms with van der Waals surface area (Å²) in [5.74, 6) is 0.0254. The Hall–Kier alpha value is -0.620. The summed E-state index contributed by atoms with van der Waals surface area (Å²) in [6.07, 6.45) is 2.80. The second-order valence-electron chi connectivity index (χ2n) is 5.36. The van der Waals surface area contributed by atoms with E-state index in [1.165, 1.54) is 7.11 Å². The van der Waals surface area contributed by atoms with Crippen molar-refractivity contribution in [1.29, 1.82) is 0 Å². The molecule has 1 N–H and O–H groups in total. The number of hydrogen-bond donors (Lipinski definition) is 1. The number of nitrogens with one attached hydrogen (secondary N) is 1. The highest BCUT2D eigenvalue weighted by atomic mass is 32.2. The first kappa shape index (κ1) is 15.4. The molecule has 1 aliphatic carbocycles. The third kappa shape index (κ3) is 4.94. The van der Waals surface area contributed by atoms with Gasteiger partial charge in [-0.25, -0.2) is 13.1 Å². The quantitative estimate of drug-likeness (QED) is 0.769. The fourth-order valence-corrected chi connectivity index (χ4v) is 4.07. The molecule has 106 valence electrons. The largest absolute Gasteiger partial charge is 0.469 e. The van der Waals surface area contributed by atoms with Crippen LogP contribution in [0.1, 0.15) is 39.5 Å². The van der Waals surface area contributed by atoms with Crippen LogP contribution >= 0.6 is 0 Å². The number of esters is 1. The fraction of sp³-hybridized carbons (Fsp3) is 0.917. The standard InChI is InChI=1S/C12H23NO4S/c1-9(2)8-18(15,16)13-11-6-4-10(5-7-11)12(14)17-3/h9-11,13H,4-8H2,1-3H3. The Kier molecular flexibility index (Phi) is 5.59. The number of ether oxygens (including phenoxy) is 1. The molecule has 1 saturated carbocycles. The molecular weight excluding hydrogens is 254 g/mol. The molecule has 0 heterocycles. The summed E-state index contributed by atoms with van der Waals surface area (Å²) in [5.41, 5.74) is 0. The van der Waals surface area contributed by atoms with Gasteiger partial charge in [0, 0.05) is 6.04 Å². The van der Waals surface area contributed by atoms with Gasteiger partial charge in [-0.05, 0) is 31.6 Å². The van der Waals surface area contributed by atoms with Gasteiger partial charge >= 0.3 is 5.97 Å². The zero-order chi connectivity index (χ0) is 13.8. The fourth-order valence-electron chi connectivity index (χ4n) is 2.35. The molecule has 0 aliphatic heterocycles. The number of rotatable bonds is 5. The van der Waals surface area contributed by atoms with Crippen molar-refractivity contribution in [1.82, 2.24) is 4.72 Å². The number of sulfonamides is 1. The van der Waals surface area contributed by atoms with Crippen LogP contribution in [0.4, 0.5) is 0 Å². The van der Waals surface area contributed by atoms with Gasteiger partial charge in [-0.3, -0.25) is 4.79 Å². The van der Waals surface area contributed by atoms with Gasteiger partial charge in [-0.1, -0.05) is 13.8 Å². The van der Waals surface area contributed by atoms with Gasteiger partial charge < -0.3 is 4.74 Å². The van der Waals surface area contributed by atoms with Crippen molar-refractivity contribution < 1.29 is 17.9 Å². The lowest BCUT2D eigenvalue weighted by Crippen LogP contribution is -2.40. The average molecular weight is 277 g/mol. The number of hydrogen-bond acceptors (Lipinski definition) is 4. The molecule has 5 nitrogen and oxygen atoms in total. The van der Waals surface area contributed by atoms with Crippen LogP contribution in [-0.4, -0.2) is 33.3 Å². The molecule has 0 bridgehead atoms. The maximum atomic E-state index is 11.8. The summed E-state index contributed by atoms with van der Waals surface area (Å²) >= 11 is 0. The summed E-state index contributed by atoms with van der Waals surface area (Å²) in [6, 6.07) is -0.0327. The Labute approximate surface area is 109 Å². The van der Waals surface area contributed by atoms with E-state index in [-0.39, 0.29) is 29.6 Å². The van der Waals surface area contributed by atoms with Crippen molar-refractivity contribution in [2.75, 3.05) is 12.9 Å². The van der Waals surface area contributed by atoms with Crippen LogP contribution in [0.2, 0.25) is 0 Å². The highest BCUT2D eigenvalue weighted by Gasteiger charge is 2.29. The summed E-state index contributed by atoms with van der Waals surface area (Å²) in [6.45, 7) is 3.76. The van der Waals surface area contributed by atoms with Crippen molar-refractivity contribution in [2.45, 2.75) is 45.6 Å². The molecule has 0 aromatic carbocycles. The van der Waals surface area contributed by atoms with Crippen molar-refractivity contribution in [3.05, 3.63) is 0 Å². The van der Waals surface area contributed by atoms with Crippen LogP contribution < -0.4 is 4.72 Å². The van der Waals surface area contributed by atoms with Gasteiger partial charge in [-0.2, -0.15) is 0 Å². The molecule has 18 heavy (non-hydrogen) atoms. The maximum Gasteiger partial charge on any atom is 0.308 e. The number of carbonyl (C=O) groups is 1. The van der Waals surface area contributed by atoms with E-state index in [1.807, 2.05) is 13.8 Å². The smallest absolute Gasteiger partial charge is 0.308 e. The Morgan fingerprint density at radius 3 is 2.28 bits per heavy atom. The highest BCUT2D eigenvalue weighted by Crippen LogP contribution is 2.25. The van der Waals surface area contributed by atoms with Gasteiger partial charge in [0.1, 0.15) is 0 Å². The highest BCUT2D eigenvalue weighted by molar-refractivity contribution is 7.89. The van der Waals surface area contributed by atoms with Gasteiger partial charge in [0.2, 0.25) is 10.0 Å². The molecule has 0 atom stereocenters. The minimum atomic E-state index is -3.19. The van der Waals surface area contributed by atoms with E-state index in [0.717, 1.165) is 0 Å². The predicted octanol–water partition coefficient (Wildman–Crippen LogP) is 1.29. The van der Waals surface area contributed by atoms with E-state index in [2.05, 4.69) is 4.72 Å². The predicted molar refractivity (Wildman–Crippen MR) is 69.5 cm³/mol. The Bertz CT molecular complexity index is 370. The minimum absolute atomic E-state index is 0.0327. The van der Waals surface area contributed by atoms with E-state index in [1.54, 1.807) is 0 Å². The van der Waals surface area contributed by atoms with E-state index in [9.17, 15) is 13.2 Å². The molecule has 0 aromatic rings. The number of methoxy groups -OCH3 is 1. The summed E-state index contributed by atoms with van der Waals surface area (Å²) in [4.78, 5) is 11.3. The van der Waals surface area contributed by atoms with E-state index in [0.29, 0.717) is 25.7 Å². The van der Waals surface area contributed by atoms with Crippen molar-refractivity contribution in [3.8, 4) is 0 Å². The molecule has 1 fully saturated rings. The molecule has 0 saturated heterocycles. The molecule has 0 amide bonds. The van der Waals surface area contributed by atoms with Crippen molar-refractivity contribution in [3.63, 3.8) is 0 Å². The van der Waals surface area contributed by atoms with E-state index in [4.69, 9.17) is 4.74 Å². The first-order valence-corrected chi connectivity index (χ1v) is 8.07. The van der Waals surface area contributed by atoms with Crippen LogP contribution in [0.25, 0.3) is 0 Å². The summed E-state index contributed by atoms with van der Waals surface area (Å²) < 4.78 is 31.0. The van der Waals surface area contributed by atoms with Crippen LogP contribution in [0.5, 0.6) is 0 Å². The van der Waals surface area contributed by atoms with Crippen molar-refractivity contribution >= 4 is 16.0 Å². The monoisotopic (exact) mass is 277 g/mol. The molecular formula is C12H23NO4S. The van der Waals surface area contributed by atoms with Gasteiger partial charge in [-0.15, -0.1) is 0 Å². The number of carbonyl (C=O) groups excluding carboxylic acids is 1. The molecule has 0 aromatic heterocycles. The van der Waals surface area contributed by atoms with Gasteiger partial charge in [0.25, 0.3) is 0 Å². The summed E-state index contributed by atoms with van der Waals surface area (Å²) in [7, 11) is -1.80. The lowest BCUT2D eigenvalue weighted by Gasteiger charge is -2.27. The maximum absolute atomic E-state index is 11.8. The molecule has 0 radical (unpaired) electrons. The summed E-state index contributed by atoms with van der Waals surface area (Å²) in [5, 5.41) is 0. The molecule has 1 rings (SSSR count). The zero-order valence-electron chi connectivity index (χ0n) is 11.3. The third-order valence-corrected chi connectivity index (χ3v) is 4.96. The van der Waals surface area contributed by atoms with E-state index >= 15 is 0 Å². The molecule has 6 heteroatoms. The van der Waals surface area contributed by atoms with Crippen molar-refractivity contribution in [2.24, 2.45) is 11.8 Å². The average Bonchev–Trinajstić information content (AvgIpc) is 2.26. The van der Waals surface area contributed by atoms with Crippen LogP contribution in [0.3, 0.4) is 0 Å². The SMILES string of the molecule is COC(=O)C1CCC(NS(=O)(=O)CC(C)C)CC1. The first-order valence-electron chi connectivity index (χ1n) is 6.42. The normalized spacial score (nSPS) is 25.1. The Morgan fingerprint density at radius 1 is 1.28 bits per heavy atom. The van der Waals surface area contributed by atoms with Crippen LogP contribution in [0, 0.1) is 11.8 Å². The molecule has 0 unspecified atom stereocenters. The van der Waals surface area contributed by atoms with Gasteiger partial charge in [0.05, 0.1) is 18.8 Å². The topological polar surface area (TPSA) is 72.5 Å². The van der Waals surface area contributed by atoms with Crippen LogP contribution in [0.15, 0.2) is 0 Å². The molecule has 1 aliphatic rings. The molecule has 0 spiro atoms. The second kappa shape index (κ2) is 6.52. The Balaban J connectivity index is 2.42. The first-order chi connectivity index (χ1) is 8.34. The van der Waals surface area contributed by atoms with Crippen LogP contribution in [-0.2, 0) is 19.6 Å². The third-order valence-electron chi connectivity index (χ3n) is 3.16. The Morgan fingerprint density at radius 2 is 1.83 bits per heavy atom. The lowest BCUT2D eigenvalue weighted by atomic mass is 9.86. The second-order valence-corrected chi connectivity index (χ2v) is 7.16. The van der Waals surface area contributed by atoms with E-state index < -0.39 is 10.0 Å². The zero-order valence-corrected chi connectivity index (χ0v) is 12.1. The van der Waals surface area contributed by atoms with Gasteiger partial charge in [0.15, 0.2) is 0 Å². The lowest BCUT2D eigenvalue weighted by molar-refractivity contribution is -0.146. The minimum Gasteiger partial charge on any atom is -0.469 e.